The van der Waals surface area contributed by atoms with Crippen molar-refractivity contribution < 1.29 is 0 Å². The molecule has 0 amide bonds. The van der Waals surface area contributed by atoms with E-state index in [-0.39, 0.29) is 12.0 Å². The molecular formula is C25H18N2. The van der Waals surface area contributed by atoms with E-state index in [2.05, 4.69) is 102 Å². The minimum atomic E-state index is 0.212. The third-order valence-electron chi connectivity index (χ3n) is 5.80. The Bertz CT molecular complexity index is 1170. The molecule has 2 heteroatoms. The second kappa shape index (κ2) is 5.55. The molecule has 2 aliphatic rings. The zero-order valence-electron chi connectivity index (χ0n) is 14.8. The summed E-state index contributed by atoms with van der Waals surface area (Å²) < 4.78 is 0. The van der Waals surface area contributed by atoms with Crippen molar-refractivity contribution in [1.29, 1.82) is 0 Å². The second-order valence-electron chi connectivity index (χ2n) is 7.25. The van der Waals surface area contributed by atoms with Crippen LogP contribution >= 0.6 is 0 Å². The zero-order valence-corrected chi connectivity index (χ0v) is 14.8. The monoisotopic (exact) mass is 346 g/mol. The van der Waals surface area contributed by atoms with Crippen LogP contribution in [0.1, 0.15) is 28.7 Å². The summed E-state index contributed by atoms with van der Waals surface area (Å²) in [5.74, 6) is 0.258. The molecular weight excluding hydrogens is 328 g/mol. The highest BCUT2D eigenvalue weighted by Gasteiger charge is 2.46. The first kappa shape index (κ1) is 14.7. The van der Waals surface area contributed by atoms with Crippen LogP contribution in [0.3, 0.4) is 0 Å². The molecule has 2 nitrogen and oxygen atoms in total. The topological polar surface area (TPSA) is 15.6 Å². The van der Waals surface area contributed by atoms with E-state index in [9.17, 15) is 0 Å². The number of anilines is 1. The van der Waals surface area contributed by atoms with Crippen molar-refractivity contribution in [2.24, 2.45) is 5.10 Å². The van der Waals surface area contributed by atoms with E-state index >= 15 is 0 Å². The van der Waals surface area contributed by atoms with Crippen LogP contribution in [-0.4, -0.2) is 5.71 Å². The van der Waals surface area contributed by atoms with Gasteiger partial charge in [0.15, 0.2) is 0 Å². The Balaban J connectivity index is 1.63. The van der Waals surface area contributed by atoms with Crippen LogP contribution in [0.4, 0.5) is 5.69 Å². The molecule has 0 bridgehead atoms. The lowest BCUT2D eigenvalue weighted by Gasteiger charge is -2.24. The van der Waals surface area contributed by atoms with Gasteiger partial charge in [0.2, 0.25) is 0 Å². The first-order valence-electron chi connectivity index (χ1n) is 9.41. The highest BCUT2D eigenvalue weighted by Crippen LogP contribution is 2.54. The summed E-state index contributed by atoms with van der Waals surface area (Å²) >= 11 is 0. The van der Waals surface area contributed by atoms with E-state index in [4.69, 9.17) is 5.10 Å². The molecule has 0 spiro atoms. The normalized spacial score (nSPS) is 20.0. The molecule has 0 N–H and O–H groups in total. The van der Waals surface area contributed by atoms with E-state index < -0.39 is 0 Å². The number of hydrazone groups is 1. The fraction of sp³-hybridized carbons (Fsp3) is 0.0800. The third kappa shape index (κ3) is 2.04. The van der Waals surface area contributed by atoms with Gasteiger partial charge < -0.3 is 0 Å². The Morgan fingerprint density at radius 3 is 2.04 bits per heavy atom. The van der Waals surface area contributed by atoms with Gasteiger partial charge in [-0.05, 0) is 39.6 Å². The van der Waals surface area contributed by atoms with Gasteiger partial charge in [-0.3, -0.25) is 5.01 Å². The predicted octanol–water partition coefficient (Wildman–Crippen LogP) is 5.90. The number of fused-ring (bicyclic) bond motifs is 3. The molecule has 0 unspecified atom stereocenters. The molecule has 1 heterocycles. The van der Waals surface area contributed by atoms with E-state index in [0.717, 1.165) is 11.4 Å². The lowest BCUT2D eigenvalue weighted by molar-refractivity contribution is 0.674. The predicted molar refractivity (Wildman–Crippen MR) is 111 cm³/mol. The molecule has 27 heavy (non-hydrogen) atoms. The second-order valence-corrected chi connectivity index (χ2v) is 7.25. The lowest BCUT2D eigenvalue weighted by atomic mass is 9.88. The average Bonchev–Trinajstić information content (AvgIpc) is 3.28. The largest absolute Gasteiger partial charge is 0.257 e. The van der Waals surface area contributed by atoms with E-state index in [1.54, 1.807) is 0 Å². The van der Waals surface area contributed by atoms with Crippen molar-refractivity contribution >= 4 is 22.2 Å². The average molecular weight is 346 g/mol. The van der Waals surface area contributed by atoms with Gasteiger partial charge in [0.1, 0.15) is 0 Å². The van der Waals surface area contributed by atoms with E-state index in [0.29, 0.717) is 0 Å². The molecule has 0 saturated heterocycles. The summed E-state index contributed by atoms with van der Waals surface area (Å²) in [4.78, 5) is 0. The smallest absolute Gasteiger partial charge is 0.0907 e. The van der Waals surface area contributed by atoms with E-state index in [1.807, 2.05) is 0 Å². The van der Waals surface area contributed by atoms with Gasteiger partial charge in [-0.25, -0.2) is 0 Å². The number of nitrogens with zero attached hydrogens (tertiary/aromatic N) is 2. The Kier molecular flexibility index (Phi) is 3.03. The highest BCUT2D eigenvalue weighted by atomic mass is 15.5. The summed E-state index contributed by atoms with van der Waals surface area (Å²) in [7, 11) is 0. The summed E-state index contributed by atoms with van der Waals surface area (Å²) in [6.45, 7) is 0. The molecule has 0 fully saturated rings. The number of hydrogen-bond acceptors (Lipinski definition) is 2. The van der Waals surface area contributed by atoms with Crippen molar-refractivity contribution in [3.05, 3.63) is 114 Å². The van der Waals surface area contributed by atoms with Crippen LogP contribution in [0.5, 0.6) is 0 Å². The van der Waals surface area contributed by atoms with Crippen molar-refractivity contribution in [3.63, 3.8) is 0 Å². The quantitative estimate of drug-likeness (QED) is 0.441. The van der Waals surface area contributed by atoms with Crippen molar-refractivity contribution in [2.75, 3.05) is 5.01 Å². The Hall–Kier alpha value is -3.39. The maximum atomic E-state index is 5.15. The maximum Gasteiger partial charge on any atom is 0.0907 e. The van der Waals surface area contributed by atoms with Crippen LogP contribution in [0.2, 0.25) is 0 Å². The van der Waals surface area contributed by atoms with Crippen LogP contribution in [0.15, 0.2) is 102 Å². The van der Waals surface area contributed by atoms with Gasteiger partial charge in [-0.15, -0.1) is 0 Å². The minimum Gasteiger partial charge on any atom is -0.257 e. The summed E-state index contributed by atoms with van der Waals surface area (Å²) in [6.07, 6.45) is 0. The van der Waals surface area contributed by atoms with Gasteiger partial charge in [0.25, 0.3) is 0 Å². The van der Waals surface area contributed by atoms with Gasteiger partial charge in [0, 0.05) is 0 Å². The van der Waals surface area contributed by atoms with Crippen molar-refractivity contribution in [2.45, 2.75) is 12.0 Å². The molecule has 4 aromatic rings. The van der Waals surface area contributed by atoms with Crippen LogP contribution < -0.4 is 5.01 Å². The third-order valence-corrected chi connectivity index (χ3v) is 5.80. The van der Waals surface area contributed by atoms with Crippen molar-refractivity contribution in [3.8, 4) is 0 Å². The summed E-state index contributed by atoms with van der Waals surface area (Å²) in [6, 6.07) is 34.7. The van der Waals surface area contributed by atoms with Crippen LogP contribution in [-0.2, 0) is 0 Å². The molecule has 0 radical (unpaired) electrons. The minimum absolute atomic E-state index is 0.212. The highest BCUT2D eigenvalue weighted by molar-refractivity contribution is 6.12. The molecule has 4 aromatic carbocycles. The van der Waals surface area contributed by atoms with E-state index in [1.165, 1.54) is 27.5 Å². The maximum absolute atomic E-state index is 5.15. The van der Waals surface area contributed by atoms with Gasteiger partial charge >= 0.3 is 0 Å². The number of benzene rings is 4. The number of para-hydroxylation sites is 1. The zero-order chi connectivity index (χ0) is 17.8. The molecule has 2 atom stereocenters. The first-order valence-corrected chi connectivity index (χ1v) is 9.41. The van der Waals surface area contributed by atoms with Gasteiger partial charge in [-0.1, -0.05) is 84.9 Å². The molecule has 1 aliphatic heterocycles. The van der Waals surface area contributed by atoms with Gasteiger partial charge in [0.05, 0.1) is 23.4 Å². The van der Waals surface area contributed by atoms with Crippen LogP contribution in [0.25, 0.3) is 10.8 Å². The standard InChI is InChI=1S/C25H18N2/c1-3-9-18(10-4-1)24-23-20-15-7-11-17-12-8-16-21(22(17)20)25(23)27(26-24)19-13-5-2-6-14-19/h1-16,23,25H/t23-,25+/m0/s1. The number of rotatable bonds is 2. The Labute approximate surface area is 158 Å². The van der Waals surface area contributed by atoms with Gasteiger partial charge in [-0.2, -0.15) is 5.10 Å². The fourth-order valence-corrected chi connectivity index (χ4v) is 4.71. The van der Waals surface area contributed by atoms with Crippen molar-refractivity contribution in [1.82, 2.24) is 0 Å². The number of hydrogen-bond donors (Lipinski definition) is 0. The Morgan fingerprint density at radius 2 is 1.30 bits per heavy atom. The van der Waals surface area contributed by atoms with Crippen LogP contribution in [0, 0.1) is 0 Å². The summed E-state index contributed by atoms with van der Waals surface area (Å²) in [5.41, 5.74) is 6.29. The summed E-state index contributed by atoms with van der Waals surface area (Å²) in [5, 5.41) is 10.1. The Morgan fingerprint density at radius 1 is 0.630 bits per heavy atom. The fourth-order valence-electron chi connectivity index (χ4n) is 4.71. The lowest BCUT2D eigenvalue weighted by Crippen LogP contribution is -2.20. The molecule has 0 saturated carbocycles. The molecule has 1 aliphatic carbocycles. The molecule has 128 valence electrons. The first-order chi connectivity index (χ1) is 13.4. The molecule has 6 rings (SSSR count). The molecule has 0 aromatic heterocycles. The SMILES string of the molecule is c1ccc(C2=NN(c3ccccc3)[C@@H]3c4cccc5cccc(c45)[C@@H]23)cc1.